The van der Waals surface area contributed by atoms with E-state index < -0.39 is 12.3 Å². The van der Waals surface area contributed by atoms with E-state index in [1.807, 2.05) is 0 Å². The zero-order chi connectivity index (χ0) is 10.8. The molecule has 0 fully saturated rings. The van der Waals surface area contributed by atoms with Gasteiger partial charge in [0.1, 0.15) is 0 Å². The third-order valence-electron chi connectivity index (χ3n) is 1.55. The zero-order valence-electron chi connectivity index (χ0n) is 8.58. The Balaban J connectivity index is 3.31. The van der Waals surface area contributed by atoms with Crippen LogP contribution in [0.4, 0.5) is 9.59 Å². The molecule has 0 aliphatic carbocycles. The van der Waals surface area contributed by atoms with Gasteiger partial charge in [0.2, 0.25) is 0 Å². The van der Waals surface area contributed by atoms with Crippen LogP contribution in [0, 0.1) is 0 Å². The summed E-state index contributed by atoms with van der Waals surface area (Å²) in [6.07, 6.45) is 1.95. The Morgan fingerprint density at radius 1 is 1.07 bits per heavy atom. The molecule has 0 rings (SSSR count). The molecule has 0 N–H and O–H groups in total. The summed E-state index contributed by atoms with van der Waals surface area (Å²) >= 11 is 0. The lowest BCUT2D eigenvalue weighted by Crippen LogP contribution is -2.14. The van der Waals surface area contributed by atoms with Crippen molar-refractivity contribution >= 4 is 12.3 Å². The first kappa shape index (κ1) is 12.7. The third-order valence-corrected chi connectivity index (χ3v) is 1.55. The number of carbonyl (C=O) groups is 2. The van der Waals surface area contributed by atoms with Crippen LogP contribution in [0.15, 0.2) is 0 Å². The lowest BCUT2D eigenvalue weighted by atomic mass is 10.2. The van der Waals surface area contributed by atoms with Crippen molar-refractivity contribution in [1.82, 2.24) is 0 Å². The summed E-state index contributed by atoms with van der Waals surface area (Å²) in [5, 5.41) is 0. The molecule has 0 saturated carbocycles. The maximum atomic E-state index is 10.7. The van der Waals surface area contributed by atoms with Gasteiger partial charge in [-0.15, -0.1) is 0 Å². The van der Waals surface area contributed by atoms with Crippen molar-refractivity contribution in [3.05, 3.63) is 0 Å². The molecule has 0 bridgehead atoms. The van der Waals surface area contributed by atoms with Gasteiger partial charge < -0.3 is 14.2 Å². The fourth-order valence-corrected chi connectivity index (χ4v) is 0.824. The number of unbranched alkanes of at least 4 members (excludes halogenated alkanes) is 3. The molecule has 0 unspecified atom stereocenters. The number of carbonyl (C=O) groups excluding carboxylic acids is 2. The molecular weight excluding hydrogens is 188 g/mol. The van der Waals surface area contributed by atoms with Gasteiger partial charge in [-0.2, -0.15) is 0 Å². The molecule has 0 atom stereocenters. The number of hydrogen-bond donors (Lipinski definition) is 0. The summed E-state index contributed by atoms with van der Waals surface area (Å²) in [5.41, 5.74) is 0. The number of rotatable bonds is 5. The quantitative estimate of drug-likeness (QED) is 0.391. The van der Waals surface area contributed by atoms with Crippen molar-refractivity contribution in [1.29, 1.82) is 0 Å². The SMILES string of the molecule is CCCCCCOC(=O)OC(=O)OC. The Morgan fingerprint density at radius 3 is 2.36 bits per heavy atom. The molecule has 0 radical (unpaired) electrons. The molecule has 0 aromatic rings. The number of ether oxygens (including phenoxy) is 3. The first-order valence-corrected chi connectivity index (χ1v) is 4.63. The first-order chi connectivity index (χ1) is 6.70. The molecule has 0 amide bonds. The van der Waals surface area contributed by atoms with Gasteiger partial charge in [0.25, 0.3) is 0 Å². The molecule has 0 aliphatic rings. The van der Waals surface area contributed by atoms with Gasteiger partial charge in [0.15, 0.2) is 0 Å². The summed E-state index contributed by atoms with van der Waals surface area (Å²) in [6.45, 7) is 2.36. The second-order valence-electron chi connectivity index (χ2n) is 2.72. The normalized spacial score (nSPS) is 9.29. The Morgan fingerprint density at radius 2 is 1.79 bits per heavy atom. The zero-order valence-corrected chi connectivity index (χ0v) is 8.58. The summed E-state index contributed by atoms with van der Waals surface area (Å²) in [5.74, 6) is 0. The lowest BCUT2D eigenvalue weighted by molar-refractivity contribution is 0.0450. The van der Waals surface area contributed by atoms with E-state index in [2.05, 4.69) is 21.1 Å². The van der Waals surface area contributed by atoms with Gasteiger partial charge >= 0.3 is 12.3 Å². The highest BCUT2D eigenvalue weighted by molar-refractivity contribution is 5.76. The van der Waals surface area contributed by atoms with E-state index in [0.29, 0.717) is 0 Å². The van der Waals surface area contributed by atoms with Gasteiger partial charge in [-0.3, -0.25) is 0 Å². The predicted octanol–water partition coefficient (Wildman–Crippen LogP) is 2.49. The largest absolute Gasteiger partial charge is 0.518 e. The molecule has 0 saturated heterocycles. The smallest absolute Gasteiger partial charge is 0.437 e. The van der Waals surface area contributed by atoms with Gasteiger partial charge in [-0.1, -0.05) is 26.2 Å². The van der Waals surface area contributed by atoms with Gasteiger partial charge in [0, 0.05) is 0 Å². The number of hydrogen-bond acceptors (Lipinski definition) is 5. The van der Waals surface area contributed by atoms with Crippen LogP contribution in [0.1, 0.15) is 32.6 Å². The first-order valence-electron chi connectivity index (χ1n) is 4.63. The molecule has 14 heavy (non-hydrogen) atoms. The molecule has 0 aromatic carbocycles. The lowest BCUT2D eigenvalue weighted by Gasteiger charge is -2.03. The van der Waals surface area contributed by atoms with Crippen LogP contribution >= 0.6 is 0 Å². The maximum Gasteiger partial charge on any atom is 0.518 e. The van der Waals surface area contributed by atoms with E-state index in [-0.39, 0.29) is 6.61 Å². The Labute approximate surface area is 83.3 Å². The van der Waals surface area contributed by atoms with Crippen LogP contribution in [-0.2, 0) is 14.2 Å². The summed E-state index contributed by atoms with van der Waals surface area (Å²) in [7, 11) is 1.12. The van der Waals surface area contributed by atoms with Crippen LogP contribution < -0.4 is 0 Å². The van der Waals surface area contributed by atoms with E-state index in [9.17, 15) is 9.59 Å². The van der Waals surface area contributed by atoms with E-state index in [0.717, 1.165) is 32.8 Å². The molecule has 0 aliphatic heterocycles. The van der Waals surface area contributed by atoms with E-state index in [4.69, 9.17) is 0 Å². The second-order valence-corrected chi connectivity index (χ2v) is 2.72. The maximum absolute atomic E-state index is 10.7. The molecular formula is C9H16O5. The molecule has 0 spiro atoms. The minimum atomic E-state index is -1.05. The van der Waals surface area contributed by atoms with Gasteiger partial charge in [-0.05, 0) is 6.42 Å². The minimum Gasteiger partial charge on any atom is -0.437 e. The van der Waals surface area contributed by atoms with Crippen LogP contribution in [0.25, 0.3) is 0 Å². The van der Waals surface area contributed by atoms with Crippen molar-refractivity contribution in [2.45, 2.75) is 32.6 Å². The Kier molecular flexibility index (Phi) is 7.59. The average Bonchev–Trinajstić information content (AvgIpc) is 2.17. The van der Waals surface area contributed by atoms with Crippen molar-refractivity contribution in [3.63, 3.8) is 0 Å². The van der Waals surface area contributed by atoms with E-state index in [1.54, 1.807) is 0 Å². The van der Waals surface area contributed by atoms with E-state index >= 15 is 0 Å². The standard InChI is InChI=1S/C9H16O5/c1-3-4-5-6-7-13-9(11)14-8(10)12-2/h3-7H2,1-2H3. The van der Waals surface area contributed by atoms with E-state index in [1.165, 1.54) is 0 Å². The van der Waals surface area contributed by atoms with Gasteiger partial charge in [0.05, 0.1) is 13.7 Å². The average molecular weight is 204 g/mol. The minimum absolute atomic E-state index is 0.274. The molecule has 5 heteroatoms. The molecule has 0 aromatic heterocycles. The molecule has 0 heterocycles. The van der Waals surface area contributed by atoms with Crippen molar-refractivity contribution in [3.8, 4) is 0 Å². The Bertz CT molecular complexity index is 178. The highest BCUT2D eigenvalue weighted by Gasteiger charge is 2.10. The molecule has 5 nitrogen and oxygen atoms in total. The van der Waals surface area contributed by atoms with Crippen LogP contribution in [0.2, 0.25) is 0 Å². The Hall–Kier alpha value is -1.26. The summed E-state index contributed by atoms with van der Waals surface area (Å²) in [6, 6.07) is 0. The van der Waals surface area contributed by atoms with Crippen molar-refractivity contribution in [2.75, 3.05) is 13.7 Å². The predicted molar refractivity (Wildman–Crippen MR) is 49.0 cm³/mol. The monoisotopic (exact) mass is 204 g/mol. The summed E-state index contributed by atoms with van der Waals surface area (Å²) in [4.78, 5) is 21.1. The fraction of sp³-hybridized carbons (Fsp3) is 0.778. The third kappa shape index (κ3) is 7.39. The van der Waals surface area contributed by atoms with Crippen LogP contribution in [0.5, 0.6) is 0 Å². The summed E-state index contributed by atoms with van der Waals surface area (Å²) < 4.78 is 12.8. The topological polar surface area (TPSA) is 61.8 Å². The highest BCUT2D eigenvalue weighted by Crippen LogP contribution is 1.99. The second kappa shape index (κ2) is 8.34. The van der Waals surface area contributed by atoms with Crippen LogP contribution in [-0.4, -0.2) is 26.0 Å². The van der Waals surface area contributed by atoms with Gasteiger partial charge in [-0.25, -0.2) is 9.59 Å². The number of methoxy groups -OCH3 is 1. The highest BCUT2D eigenvalue weighted by atomic mass is 16.8. The van der Waals surface area contributed by atoms with Crippen LogP contribution in [0.3, 0.4) is 0 Å². The fourth-order valence-electron chi connectivity index (χ4n) is 0.824. The van der Waals surface area contributed by atoms with Crippen molar-refractivity contribution in [2.24, 2.45) is 0 Å². The molecule has 82 valence electrons. The van der Waals surface area contributed by atoms with Crippen molar-refractivity contribution < 1.29 is 23.8 Å².